The van der Waals surface area contributed by atoms with E-state index in [1.54, 1.807) is 4.68 Å². The number of amides is 2. The van der Waals surface area contributed by atoms with E-state index < -0.39 is 0 Å². The van der Waals surface area contributed by atoms with Crippen molar-refractivity contribution in [2.75, 3.05) is 13.1 Å². The number of aromatic nitrogens is 3. The van der Waals surface area contributed by atoms with Gasteiger partial charge in [0.2, 0.25) is 11.8 Å². The lowest BCUT2D eigenvalue weighted by atomic mass is 10.1. The quantitative estimate of drug-likeness (QED) is 0.542. The second-order valence-corrected chi connectivity index (χ2v) is 8.99. The van der Waals surface area contributed by atoms with Gasteiger partial charge in [-0.05, 0) is 55.7 Å². The maximum absolute atomic E-state index is 12.9. The summed E-state index contributed by atoms with van der Waals surface area (Å²) in [4.78, 5) is 26.4. The summed E-state index contributed by atoms with van der Waals surface area (Å²) >= 11 is 11.8. The van der Waals surface area contributed by atoms with Crippen LogP contribution in [0.4, 0.5) is 0 Å². The standard InChI is InChI=1S/C23H32ClN5O2S/c1-3-5-14-28-22(17-8-10-18(24)11-9-17)26-29(23(28)32)15-12-21(31)27-13-6-7-19(16-27)25-20(30)4-2/h8-11,19H,3-7,12-16H2,1-2H3,(H,25,30). The first-order chi connectivity index (χ1) is 15.4. The normalized spacial score (nSPS) is 16.2. The molecule has 9 heteroatoms. The Morgan fingerprint density at radius 3 is 2.66 bits per heavy atom. The summed E-state index contributed by atoms with van der Waals surface area (Å²) in [6.45, 7) is 6.48. The van der Waals surface area contributed by atoms with E-state index in [9.17, 15) is 9.59 Å². The van der Waals surface area contributed by atoms with Crippen molar-refractivity contribution in [2.24, 2.45) is 0 Å². The van der Waals surface area contributed by atoms with Gasteiger partial charge in [0.15, 0.2) is 10.6 Å². The minimum atomic E-state index is 0.0305. The lowest BCUT2D eigenvalue weighted by Crippen LogP contribution is -2.49. The second kappa shape index (κ2) is 11.6. The van der Waals surface area contributed by atoms with Crippen LogP contribution in [0.1, 0.15) is 52.4 Å². The lowest BCUT2D eigenvalue weighted by Gasteiger charge is -2.33. The van der Waals surface area contributed by atoms with E-state index >= 15 is 0 Å². The Balaban J connectivity index is 1.70. The zero-order chi connectivity index (χ0) is 23.1. The van der Waals surface area contributed by atoms with Crippen molar-refractivity contribution in [2.45, 2.75) is 71.5 Å². The fourth-order valence-corrected chi connectivity index (χ4v) is 4.36. The van der Waals surface area contributed by atoms with Gasteiger partial charge in [0.05, 0.1) is 6.54 Å². The third-order valence-corrected chi connectivity index (χ3v) is 6.44. The molecule has 1 aliphatic heterocycles. The average molecular weight is 478 g/mol. The number of carbonyl (C=O) groups excluding carboxylic acids is 2. The SMILES string of the molecule is CCCCn1c(-c2ccc(Cl)cc2)nn(CCC(=O)N2CCCC(NC(=O)CC)C2)c1=S. The van der Waals surface area contributed by atoms with Crippen molar-refractivity contribution in [1.29, 1.82) is 0 Å². The molecular formula is C23H32ClN5O2S. The summed E-state index contributed by atoms with van der Waals surface area (Å²) in [5.74, 6) is 0.898. The number of unbranched alkanes of at least 4 members (excludes halogenated alkanes) is 1. The van der Waals surface area contributed by atoms with Crippen LogP contribution in [0.15, 0.2) is 24.3 Å². The van der Waals surface area contributed by atoms with E-state index in [4.69, 9.17) is 28.9 Å². The van der Waals surface area contributed by atoms with Gasteiger partial charge in [-0.15, -0.1) is 0 Å². The van der Waals surface area contributed by atoms with Crippen LogP contribution in [0, 0.1) is 4.77 Å². The number of halogens is 1. The molecule has 2 heterocycles. The lowest BCUT2D eigenvalue weighted by molar-refractivity contribution is -0.133. The molecule has 0 aliphatic carbocycles. The van der Waals surface area contributed by atoms with Crippen LogP contribution in [0.5, 0.6) is 0 Å². The summed E-state index contributed by atoms with van der Waals surface area (Å²) in [5, 5.41) is 8.43. The summed E-state index contributed by atoms with van der Waals surface area (Å²) in [6.07, 6.45) is 4.64. The van der Waals surface area contributed by atoms with E-state index in [-0.39, 0.29) is 17.9 Å². The van der Waals surface area contributed by atoms with Gasteiger partial charge in [0.25, 0.3) is 0 Å². The highest BCUT2D eigenvalue weighted by atomic mass is 35.5. The fraction of sp³-hybridized carbons (Fsp3) is 0.565. The first kappa shape index (κ1) is 24.5. The molecule has 1 unspecified atom stereocenters. The highest BCUT2D eigenvalue weighted by molar-refractivity contribution is 7.71. The van der Waals surface area contributed by atoms with Gasteiger partial charge in [0.1, 0.15) is 0 Å². The highest BCUT2D eigenvalue weighted by Crippen LogP contribution is 2.22. The van der Waals surface area contributed by atoms with Crippen LogP contribution in [-0.2, 0) is 22.7 Å². The number of piperidine rings is 1. The minimum absolute atomic E-state index is 0.0305. The Morgan fingerprint density at radius 1 is 1.22 bits per heavy atom. The van der Waals surface area contributed by atoms with Gasteiger partial charge in [-0.2, -0.15) is 5.10 Å². The van der Waals surface area contributed by atoms with E-state index in [1.807, 2.05) is 40.7 Å². The molecule has 1 aromatic carbocycles. The molecule has 7 nitrogen and oxygen atoms in total. The third kappa shape index (κ3) is 6.19. The van der Waals surface area contributed by atoms with Crippen molar-refractivity contribution in [3.05, 3.63) is 34.1 Å². The number of nitrogens with zero attached hydrogens (tertiary/aromatic N) is 4. The third-order valence-electron chi connectivity index (χ3n) is 5.76. The van der Waals surface area contributed by atoms with E-state index in [2.05, 4.69) is 12.2 Å². The number of aryl methyl sites for hydroxylation is 1. The molecule has 0 saturated carbocycles. The van der Waals surface area contributed by atoms with Crippen molar-refractivity contribution in [3.8, 4) is 11.4 Å². The number of hydrogen-bond acceptors (Lipinski definition) is 4. The molecule has 1 N–H and O–H groups in total. The van der Waals surface area contributed by atoms with Gasteiger partial charge in [-0.3, -0.25) is 14.2 Å². The summed E-state index contributed by atoms with van der Waals surface area (Å²) < 4.78 is 4.43. The molecular weight excluding hydrogens is 446 g/mol. The first-order valence-corrected chi connectivity index (χ1v) is 12.2. The summed E-state index contributed by atoms with van der Waals surface area (Å²) in [5.41, 5.74) is 0.951. The Labute approximate surface area is 199 Å². The Morgan fingerprint density at radius 2 is 1.97 bits per heavy atom. The molecule has 0 bridgehead atoms. The van der Waals surface area contributed by atoms with Crippen LogP contribution in [0.3, 0.4) is 0 Å². The van der Waals surface area contributed by atoms with Crippen molar-refractivity contribution < 1.29 is 9.59 Å². The van der Waals surface area contributed by atoms with Gasteiger partial charge >= 0.3 is 0 Å². The molecule has 1 fully saturated rings. The van der Waals surface area contributed by atoms with Crippen molar-refractivity contribution in [3.63, 3.8) is 0 Å². The number of benzene rings is 1. The maximum atomic E-state index is 12.9. The van der Waals surface area contributed by atoms with Crippen LogP contribution < -0.4 is 5.32 Å². The predicted octanol–water partition coefficient (Wildman–Crippen LogP) is 4.44. The molecule has 1 aromatic heterocycles. The number of likely N-dealkylation sites (tertiary alicyclic amines) is 1. The molecule has 1 aliphatic rings. The molecule has 1 atom stereocenters. The van der Waals surface area contributed by atoms with Gasteiger partial charge in [0, 0.05) is 49.1 Å². The van der Waals surface area contributed by atoms with Gasteiger partial charge in [-0.1, -0.05) is 31.9 Å². The molecule has 1 saturated heterocycles. The Hall–Kier alpha value is -2.19. The Kier molecular flexibility index (Phi) is 8.87. The van der Waals surface area contributed by atoms with Crippen LogP contribution in [0.2, 0.25) is 5.02 Å². The van der Waals surface area contributed by atoms with Gasteiger partial charge in [-0.25, -0.2) is 4.68 Å². The molecule has 2 aromatic rings. The topological polar surface area (TPSA) is 72.2 Å². The monoisotopic (exact) mass is 477 g/mol. The van der Waals surface area contributed by atoms with E-state index in [1.165, 1.54) is 0 Å². The van der Waals surface area contributed by atoms with Crippen molar-refractivity contribution >= 4 is 35.6 Å². The highest BCUT2D eigenvalue weighted by Gasteiger charge is 2.24. The molecule has 3 rings (SSSR count). The average Bonchev–Trinajstić information content (AvgIpc) is 3.11. The number of nitrogens with one attached hydrogen (secondary N) is 1. The van der Waals surface area contributed by atoms with Crippen LogP contribution in [0.25, 0.3) is 11.4 Å². The first-order valence-electron chi connectivity index (χ1n) is 11.4. The zero-order valence-electron chi connectivity index (χ0n) is 18.8. The number of rotatable bonds is 9. The van der Waals surface area contributed by atoms with E-state index in [0.29, 0.717) is 35.7 Å². The zero-order valence-corrected chi connectivity index (χ0v) is 20.4. The molecule has 2 amide bonds. The smallest absolute Gasteiger partial charge is 0.224 e. The van der Waals surface area contributed by atoms with E-state index in [0.717, 1.165) is 50.2 Å². The van der Waals surface area contributed by atoms with Crippen LogP contribution in [-0.4, -0.2) is 50.2 Å². The molecule has 174 valence electrons. The van der Waals surface area contributed by atoms with Crippen molar-refractivity contribution in [1.82, 2.24) is 24.6 Å². The predicted molar refractivity (Wildman–Crippen MR) is 129 cm³/mol. The summed E-state index contributed by atoms with van der Waals surface area (Å²) in [7, 11) is 0. The molecule has 32 heavy (non-hydrogen) atoms. The minimum Gasteiger partial charge on any atom is -0.352 e. The number of carbonyl (C=O) groups is 2. The molecule has 0 spiro atoms. The van der Waals surface area contributed by atoms with Gasteiger partial charge < -0.3 is 10.2 Å². The summed E-state index contributed by atoms with van der Waals surface area (Å²) in [6, 6.07) is 7.60. The Bertz CT molecular complexity index is 985. The largest absolute Gasteiger partial charge is 0.352 e. The van der Waals surface area contributed by atoms with Crippen LogP contribution >= 0.6 is 23.8 Å². The molecule has 0 radical (unpaired) electrons. The fourth-order valence-electron chi connectivity index (χ4n) is 3.93. The second-order valence-electron chi connectivity index (χ2n) is 8.19. The number of hydrogen-bond donors (Lipinski definition) is 1. The maximum Gasteiger partial charge on any atom is 0.224 e.